The third-order valence-electron chi connectivity index (χ3n) is 5.06. The van der Waals surface area contributed by atoms with Crippen LogP contribution in [0.2, 0.25) is 0 Å². The van der Waals surface area contributed by atoms with Crippen LogP contribution in [0.4, 0.5) is 0 Å². The Bertz CT molecular complexity index is 820. The summed E-state index contributed by atoms with van der Waals surface area (Å²) < 4.78 is 21.6. The number of methoxy groups -OCH3 is 4. The Kier molecular flexibility index (Phi) is 5.74. The van der Waals surface area contributed by atoms with Gasteiger partial charge in [-0.1, -0.05) is 6.07 Å². The Morgan fingerprint density at radius 1 is 0.926 bits per heavy atom. The first-order valence-electron chi connectivity index (χ1n) is 8.81. The average Bonchev–Trinajstić information content (AvgIpc) is 2.72. The summed E-state index contributed by atoms with van der Waals surface area (Å²) >= 11 is 0. The predicted molar refractivity (Wildman–Crippen MR) is 102 cm³/mol. The quantitative estimate of drug-likeness (QED) is 0.701. The molecule has 1 unspecified atom stereocenters. The highest BCUT2D eigenvalue weighted by Crippen LogP contribution is 2.39. The molecule has 0 N–H and O–H groups in total. The van der Waals surface area contributed by atoms with Gasteiger partial charge in [0.1, 0.15) is 0 Å². The topological polar surface area (TPSA) is 57.2 Å². The molecule has 0 radical (unpaired) electrons. The molecule has 6 nitrogen and oxygen atoms in total. The zero-order valence-electron chi connectivity index (χ0n) is 16.2. The van der Waals surface area contributed by atoms with E-state index in [0.717, 1.165) is 24.0 Å². The van der Waals surface area contributed by atoms with E-state index in [4.69, 9.17) is 18.9 Å². The van der Waals surface area contributed by atoms with Crippen LogP contribution >= 0.6 is 0 Å². The maximum Gasteiger partial charge on any atom is 0.210 e. The lowest BCUT2D eigenvalue weighted by Crippen LogP contribution is -2.35. The SMILES string of the molecule is COc1ccc(CC2c3cc(OC)c(OC)cc3CCN2C=O)cc1OC. The van der Waals surface area contributed by atoms with Gasteiger partial charge < -0.3 is 23.8 Å². The highest BCUT2D eigenvalue weighted by atomic mass is 16.5. The van der Waals surface area contributed by atoms with Crippen molar-refractivity contribution in [1.82, 2.24) is 4.90 Å². The van der Waals surface area contributed by atoms with Crippen molar-refractivity contribution in [3.8, 4) is 23.0 Å². The van der Waals surface area contributed by atoms with E-state index >= 15 is 0 Å². The first-order chi connectivity index (χ1) is 13.1. The summed E-state index contributed by atoms with van der Waals surface area (Å²) in [4.78, 5) is 13.5. The monoisotopic (exact) mass is 371 g/mol. The Labute approximate surface area is 159 Å². The second kappa shape index (κ2) is 8.20. The number of ether oxygens (including phenoxy) is 4. The summed E-state index contributed by atoms with van der Waals surface area (Å²) in [5, 5.41) is 0. The van der Waals surface area contributed by atoms with Crippen molar-refractivity contribution in [1.29, 1.82) is 0 Å². The van der Waals surface area contributed by atoms with Crippen LogP contribution < -0.4 is 18.9 Å². The van der Waals surface area contributed by atoms with Crippen LogP contribution in [0.15, 0.2) is 30.3 Å². The number of nitrogens with zero attached hydrogens (tertiary/aromatic N) is 1. The van der Waals surface area contributed by atoms with Crippen LogP contribution in [-0.4, -0.2) is 46.3 Å². The molecule has 2 aromatic carbocycles. The van der Waals surface area contributed by atoms with Crippen molar-refractivity contribution in [3.05, 3.63) is 47.0 Å². The van der Waals surface area contributed by atoms with Crippen LogP contribution in [0, 0.1) is 0 Å². The summed E-state index contributed by atoms with van der Waals surface area (Å²) in [5.41, 5.74) is 3.32. The second-order valence-corrected chi connectivity index (χ2v) is 6.41. The molecule has 0 aliphatic carbocycles. The lowest BCUT2D eigenvalue weighted by Gasteiger charge is -2.35. The van der Waals surface area contributed by atoms with Crippen molar-refractivity contribution < 1.29 is 23.7 Å². The highest BCUT2D eigenvalue weighted by Gasteiger charge is 2.28. The summed E-state index contributed by atoms with van der Waals surface area (Å²) in [7, 11) is 6.48. The molecule has 2 aromatic rings. The molecule has 0 spiro atoms. The van der Waals surface area contributed by atoms with Crippen LogP contribution in [0.1, 0.15) is 22.7 Å². The van der Waals surface area contributed by atoms with Gasteiger partial charge in [-0.05, 0) is 53.8 Å². The molecule has 1 amide bonds. The molecular formula is C21H25NO5. The third-order valence-corrected chi connectivity index (χ3v) is 5.06. The van der Waals surface area contributed by atoms with Crippen LogP contribution in [0.5, 0.6) is 23.0 Å². The van der Waals surface area contributed by atoms with E-state index in [1.54, 1.807) is 28.4 Å². The Morgan fingerprint density at radius 3 is 2.19 bits per heavy atom. The molecule has 3 rings (SSSR count). The molecule has 1 atom stereocenters. The van der Waals surface area contributed by atoms with Crippen molar-refractivity contribution >= 4 is 6.41 Å². The molecule has 0 saturated carbocycles. The maximum atomic E-state index is 11.7. The molecule has 27 heavy (non-hydrogen) atoms. The van der Waals surface area contributed by atoms with Gasteiger partial charge in [-0.2, -0.15) is 0 Å². The molecule has 1 aliphatic heterocycles. The van der Waals surface area contributed by atoms with E-state index in [1.165, 1.54) is 5.56 Å². The number of hydrogen-bond acceptors (Lipinski definition) is 5. The minimum Gasteiger partial charge on any atom is -0.493 e. The standard InChI is InChI=1S/C21H25NO5/c1-24-18-6-5-14(10-19(18)25-2)9-17-16-12-21(27-4)20(26-3)11-15(16)7-8-22(17)13-23/h5-6,10-13,17H,7-9H2,1-4H3. The van der Waals surface area contributed by atoms with Gasteiger partial charge in [0.05, 0.1) is 34.5 Å². The van der Waals surface area contributed by atoms with Gasteiger partial charge in [0.2, 0.25) is 6.41 Å². The largest absolute Gasteiger partial charge is 0.493 e. The van der Waals surface area contributed by atoms with E-state index in [1.807, 2.05) is 35.2 Å². The molecule has 1 aliphatic rings. The normalized spacial score (nSPS) is 15.7. The van der Waals surface area contributed by atoms with Gasteiger partial charge in [-0.3, -0.25) is 4.79 Å². The van der Waals surface area contributed by atoms with E-state index in [2.05, 4.69) is 0 Å². The fraction of sp³-hybridized carbons (Fsp3) is 0.381. The highest BCUT2D eigenvalue weighted by molar-refractivity contribution is 5.55. The van der Waals surface area contributed by atoms with Gasteiger partial charge >= 0.3 is 0 Å². The van der Waals surface area contributed by atoms with Gasteiger partial charge in [-0.25, -0.2) is 0 Å². The van der Waals surface area contributed by atoms with Crippen LogP contribution in [0.25, 0.3) is 0 Å². The number of fused-ring (bicyclic) bond motifs is 1. The Hall–Kier alpha value is -2.89. The van der Waals surface area contributed by atoms with Crippen molar-refractivity contribution in [2.45, 2.75) is 18.9 Å². The lowest BCUT2D eigenvalue weighted by atomic mass is 9.88. The van der Waals surface area contributed by atoms with Crippen LogP contribution in [0.3, 0.4) is 0 Å². The Balaban J connectivity index is 2.00. The molecule has 0 aromatic heterocycles. The van der Waals surface area contributed by atoms with E-state index in [9.17, 15) is 4.79 Å². The second-order valence-electron chi connectivity index (χ2n) is 6.41. The van der Waals surface area contributed by atoms with Crippen molar-refractivity contribution in [3.63, 3.8) is 0 Å². The molecule has 0 bridgehead atoms. The molecular weight excluding hydrogens is 346 g/mol. The summed E-state index contributed by atoms with van der Waals surface area (Å²) in [5.74, 6) is 2.74. The maximum absolute atomic E-state index is 11.7. The number of hydrogen-bond donors (Lipinski definition) is 0. The number of amides is 1. The Morgan fingerprint density at radius 2 is 1.56 bits per heavy atom. The number of benzene rings is 2. The summed E-state index contributed by atoms with van der Waals surface area (Å²) in [6.07, 6.45) is 2.38. The van der Waals surface area contributed by atoms with Crippen molar-refractivity contribution in [2.24, 2.45) is 0 Å². The zero-order valence-corrected chi connectivity index (χ0v) is 16.2. The van der Waals surface area contributed by atoms with Gasteiger partial charge in [0, 0.05) is 6.54 Å². The fourth-order valence-corrected chi connectivity index (χ4v) is 3.63. The molecule has 144 valence electrons. The first kappa shape index (κ1) is 18.9. The minimum absolute atomic E-state index is 0.0795. The first-order valence-corrected chi connectivity index (χ1v) is 8.81. The average molecular weight is 371 g/mol. The van der Waals surface area contributed by atoms with Crippen molar-refractivity contribution in [2.75, 3.05) is 35.0 Å². The van der Waals surface area contributed by atoms with Gasteiger partial charge in [-0.15, -0.1) is 0 Å². The van der Waals surface area contributed by atoms with E-state index < -0.39 is 0 Å². The van der Waals surface area contributed by atoms with E-state index in [-0.39, 0.29) is 6.04 Å². The summed E-state index contributed by atoms with van der Waals surface area (Å²) in [6.45, 7) is 0.671. The molecule has 0 saturated heterocycles. The number of carbonyl (C=O) groups excluding carboxylic acids is 1. The minimum atomic E-state index is -0.0795. The number of carbonyl (C=O) groups is 1. The van der Waals surface area contributed by atoms with E-state index in [0.29, 0.717) is 36.0 Å². The predicted octanol–water partition coefficient (Wildman–Crippen LogP) is 3.02. The van der Waals surface area contributed by atoms with Gasteiger partial charge in [0.25, 0.3) is 0 Å². The van der Waals surface area contributed by atoms with Crippen LogP contribution in [-0.2, 0) is 17.6 Å². The number of rotatable bonds is 7. The lowest BCUT2D eigenvalue weighted by molar-refractivity contribution is -0.120. The molecule has 1 heterocycles. The smallest absolute Gasteiger partial charge is 0.210 e. The van der Waals surface area contributed by atoms with Gasteiger partial charge in [0.15, 0.2) is 23.0 Å². The molecule has 6 heteroatoms. The third kappa shape index (κ3) is 3.65. The molecule has 0 fully saturated rings. The zero-order chi connectivity index (χ0) is 19.4. The summed E-state index contributed by atoms with van der Waals surface area (Å²) in [6, 6.07) is 9.75. The fourth-order valence-electron chi connectivity index (χ4n) is 3.63.